The molecule has 0 radical (unpaired) electrons. The van der Waals surface area contributed by atoms with Crippen molar-refractivity contribution in [1.29, 1.82) is 0 Å². The Balaban J connectivity index is 4.41. The standard InChI is InChI=1S/C54H92O6/c1-4-7-10-13-16-19-22-24-26-27-28-29-31-32-35-38-41-44-47-53(56)59-50-51(49-58-52(55)46-43-40-37-34-21-18-15-12-9-6-3)60-54(57)48-45-42-39-36-33-30-25-23-20-17-14-11-8-5-2/h10,13,15-16,18-19,22,24,26-29,51H,4-9,11-12,14,17,20-21,23,25,30-50H2,1-3H3/b13-10-,18-15-,19-16-,24-22-,27-26-,29-28-. The Morgan fingerprint density at radius 2 is 0.667 bits per heavy atom. The monoisotopic (exact) mass is 837 g/mol. The van der Waals surface area contributed by atoms with Crippen LogP contribution in [0.3, 0.4) is 0 Å². The first-order chi connectivity index (χ1) is 29.5. The molecule has 0 rings (SSSR count). The van der Waals surface area contributed by atoms with E-state index in [1.54, 1.807) is 0 Å². The summed E-state index contributed by atoms with van der Waals surface area (Å²) >= 11 is 0. The Morgan fingerprint density at radius 3 is 1.10 bits per heavy atom. The molecule has 0 aromatic carbocycles. The summed E-state index contributed by atoms with van der Waals surface area (Å²) in [5.74, 6) is -0.925. The van der Waals surface area contributed by atoms with Gasteiger partial charge in [-0.25, -0.2) is 0 Å². The number of carbonyl (C=O) groups excluding carboxylic acids is 3. The summed E-state index contributed by atoms with van der Waals surface area (Å²) in [5, 5.41) is 0. The lowest BCUT2D eigenvalue weighted by Crippen LogP contribution is -2.30. The molecule has 0 aromatic heterocycles. The second kappa shape index (κ2) is 48.5. The third-order valence-corrected chi connectivity index (χ3v) is 10.5. The molecule has 60 heavy (non-hydrogen) atoms. The average molecular weight is 837 g/mol. The van der Waals surface area contributed by atoms with E-state index in [4.69, 9.17) is 14.2 Å². The highest BCUT2D eigenvalue weighted by molar-refractivity contribution is 5.71. The highest BCUT2D eigenvalue weighted by Crippen LogP contribution is 2.15. The van der Waals surface area contributed by atoms with Crippen LogP contribution in [-0.2, 0) is 28.6 Å². The number of ether oxygens (including phenoxy) is 3. The summed E-state index contributed by atoms with van der Waals surface area (Å²) in [5.41, 5.74) is 0. The van der Waals surface area contributed by atoms with Gasteiger partial charge in [0.05, 0.1) is 0 Å². The number of hydrogen-bond acceptors (Lipinski definition) is 6. The van der Waals surface area contributed by atoms with Crippen LogP contribution in [0.2, 0.25) is 0 Å². The summed E-state index contributed by atoms with van der Waals surface area (Å²) in [4.78, 5) is 37.9. The van der Waals surface area contributed by atoms with Crippen molar-refractivity contribution < 1.29 is 28.6 Å². The van der Waals surface area contributed by atoms with Gasteiger partial charge in [-0.2, -0.15) is 0 Å². The highest BCUT2D eigenvalue weighted by atomic mass is 16.6. The Kier molecular flexibility index (Phi) is 46.0. The zero-order valence-corrected chi connectivity index (χ0v) is 39.2. The van der Waals surface area contributed by atoms with E-state index in [-0.39, 0.29) is 31.1 Å². The minimum atomic E-state index is -0.787. The maximum atomic E-state index is 12.8. The fraction of sp³-hybridized carbons (Fsp3) is 0.722. The minimum Gasteiger partial charge on any atom is -0.462 e. The molecule has 0 N–H and O–H groups in total. The molecule has 1 unspecified atom stereocenters. The van der Waals surface area contributed by atoms with Crippen molar-refractivity contribution in [2.45, 2.75) is 239 Å². The summed E-state index contributed by atoms with van der Waals surface area (Å²) < 4.78 is 16.7. The predicted octanol–water partition coefficient (Wildman–Crippen LogP) is 16.3. The normalized spacial score (nSPS) is 12.7. The summed E-state index contributed by atoms with van der Waals surface area (Å²) in [7, 11) is 0. The summed E-state index contributed by atoms with van der Waals surface area (Å²) in [6, 6.07) is 0. The van der Waals surface area contributed by atoms with Crippen molar-refractivity contribution in [3.8, 4) is 0 Å². The van der Waals surface area contributed by atoms with Gasteiger partial charge in [-0.15, -0.1) is 0 Å². The van der Waals surface area contributed by atoms with Crippen molar-refractivity contribution in [1.82, 2.24) is 0 Å². The molecule has 0 spiro atoms. The van der Waals surface area contributed by atoms with Gasteiger partial charge in [0.2, 0.25) is 0 Å². The predicted molar refractivity (Wildman–Crippen MR) is 256 cm³/mol. The first-order valence-electron chi connectivity index (χ1n) is 25.0. The Hall–Kier alpha value is -3.15. The molecule has 0 aliphatic heterocycles. The van der Waals surface area contributed by atoms with E-state index in [1.165, 1.54) is 89.9 Å². The van der Waals surface area contributed by atoms with Crippen LogP contribution in [0, 0.1) is 0 Å². The van der Waals surface area contributed by atoms with Gasteiger partial charge >= 0.3 is 17.9 Å². The minimum absolute atomic E-state index is 0.0888. The molecule has 0 saturated carbocycles. The van der Waals surface area contributed by atoms with Gasteiger partial charge in [0.15, 0.2) is 6.10 Å². The summed E-state index contributed by atoms with van der Waals surface area (Å²) in [6.45, 7) is 6.47. The molecule has 6 heteroatoms. The lowest BCUT2D eigenvalue weighted by atomic mass is 10.0. The van der Waals surface area contributed by atoms with Gasteiger partial charge in [-0.05, 0) is 57.8 Å². The van der Waals surface area contributed by atoms with Crippen molar-refractivity contribution in [3.05, 3.63) is 72.9 Å². The molecule has 0 heterocycles. The SMILES string of the molecule is CCC\C=C/C=C\C=C/C=C\C=C/CCCCCCCC(=O)OCC(COC(=O)CCCCCC/C=C\CCCC)OC(=O)CCCCCCCCCCCCCCCC. The smallest absolute Gasteiger partial charge is 0.306 e. The van der Waals surface area contributed by atoms with E-state index in [0.29, 0.717) is 19.3 Å². The van der Waals surface area contributed by atoms with Crippen LogP contribution in [0.15, 0.2) is 72.9 Å². The van der Waals surface area contributed by atoms with E-state index >= 15 is 0 Å². The van der Waals surface area contributed by atoms with Gasteiger partial charge in [0.1, 0.15) is 13.2 Å². The molecular weight excluding hydrogens is 745 g/mol. The molecule has 0 bridgehead atoms. The Bertz CT molecular complexity index is 1140. The fourth-order valence-corrected chi connectivity index (χ4v) is 6.75. The highest BCUT2D eigenvalue weighted by Gasteiger charge is 2.19. The fourth-order valence-electron chi connectivity index (χ4n) is 6.75. The molecule has 0 aromatic rings. The summed E-state index contributed by atoms with van der Waals surface area (Å²) in [6.07, 6.45) is 60.2. The second-order valence-corrected chi connectivity index (χ2v) is 16.5. The van der Waals surface area contributed by atoms with Crippen LogP contribution < -0.4 is 0 Å². The van der Waals surface area contributed by atoms with Crippen molar-refractivity contribution >= 4 is 17.9 Å². The quantitative estimate of drug-likeness (QED) is 0.0200. The average Bonchev–Trinajstić information content (AvgIpc) is 3.24. The molecule has 0 aliphatic carbocycles. The van der Waals surface area contributed by atoms with Crippen molar-refractivity contribution in [2.75, 3.05) is 13.2 Å². The first-order valence-corrected chi connectivity index (χ1v) is 25.0. The van der Waals surface area contributed by atoms with Gasteiger partial charge in [-0.3, -0.25) is 14.4 Å². The molecule has 0 saturated heterocycles. The van der Waals surface area contributed by atoms with E-state index < -0.39 is 6.10 Å². The molecule has 6 nitrogen and oxygen atoms in total. The second-order valence-electron chi connectivity index (χ2n) is 16.5. The third-order valence-electron chi connectivity index (χ3n) is 10.5. The zero-order chi connectivity index (χ0) is 43.7. The van der Waals surface area contributed by atoms with E-state index in [0.717, 1.165) is 103 Å². The van der Waals surface area contributed by atoms with E-state index in [9.17, 15) is 14.4 Å². The number of hydrogen-bond donors (Lipinski definition) is 0. The van der Waals surface area contributed by atoms with Gasteiger partial charge in [-0.1, -0.05) is 229 Å². The van der Waals surface area contributed by atoms with Gasteiger partial charge < -0.3 is 14.2 Å². The largest absolute Gasteiger partial charge is 0.462 e. The Labute approximate surface area is 370 Å². The van der Waals surface area contributed by atoms with Crippen molar-refractivity contribution in [2.24, 2.45) is 0 Å². The van der Waals surface area contributed by atoms with Crippen molar-refractivity contribution in [3.63, 3.8) is 0 Å². The number of rotatable bonds is 44. The molecular formula is C54H92O6. The molecule has 0 amide bonds. The number of carbonyl (C=O) groups is 3. The van der Waals surface area contributed by atoms with Crippen LogP contribution in [0.5, 0.6) is 0 Å². The van der Waals surface area contributed by atoms with Crippen LogP contribution in [0.4, 0.5) is 0 Å². The van der Waals surface area contributed by atoms with Crippen LogP contribution in [0.25, 0.3) is 0 Å². The van der Waals surface area contributed by atoms with Gasteiger partial charge in [0.25, 0.3) is 0 Å². The van der Waals surface area contributed by atoms with Crippen LogP contribution >= 0.6 is 0 Å². The zero-order valence-electron chi connectivity index (χ0n) is 39.2. The number of esters is 3. The Morgan fingerprint density at radius 1 is 0.333 bits per heavy atom. The maximum absolute atomic E-state index is 12.8. The lowest BCUT2D eigenvalue weighted by molar-refractivity contribution is -0.167. The van der Waals surface area contributed by atoms with Gasteiger partial charge in [0, 0.05) is 19.3 Å². The van der Waals surface area contributed by atoms with E-state index in [2.05, 4.69) is 69.4 Å². The number of unbranched alkanes of at least 4 members (excludes halogenated alkanes) is 25. The molecule has 1 atom stereocenters. The van der Waals surface area contributed by atoms with Crippen LogP contribution in [-0.4, -0.2) is 37.2 Å². The number of allylic oxidation sites excluding steroid dienone is 12. The van der Waals surface area contributed by atoms with E-state index in [1.807, 2.05) is 24.3 Å². The maximum Gasteiger partial charge on any atom is 0.306 e. The first kappa shape index (κ1) is 56.9. The molecule has 0 fully saturated rings. The third kappa shape index (κ3) is 45.9. The molecule has 344 valence electrons. The molecule has 0 aliphatic rings. The lowest BCUT2D eigenvalue weighted by Gasteiger charge is -2.18. The van der Waals surface area contributed by atoms with Crippen LogP contribution in [0.1, 0.15) is 233 Å². The topological polar surface area (TPSA) is 78.9 Å².